The smallest absolute Gasteiger partial charge is 0.138 e. The minimum absolute atomic E-state index is 1.11. The number of hydrogen-bond acceptors (Lipinski definition) is 1. The highest BCUT2D eigenvalue weighted by Gasteiger charge is 2.18. The third-order valence-electron chi connectivity index (χ3n) is 6.81. The number of fused-ring (bicyclic) bond motifs is 3. The van der Waals surface area contributed by atoms with Gasteiger partial charge in [0.2, 0.25) is 0 Å². The van der Waals surface area contributed by atoms with Crippen LogP contribution in [0.15, 0.2) is 22.6 Å². The van der Waals surface area contributed by atoms with Gasteiger partial charge < -0.3 is 4.42 Å². The Bertz CT molecular complexity index is 944. The van der Waals surface area contributed by atoms with Gasteiger partial charge in [0.25, 0.3) is 0 Å². The molecule has 1 nitrogen and oxygen atoms in total. The molecule has 2 aromatic carbocycles. The summed E-state index contributed by atoms with van der Waals surface area (Å²) in [6.07, 6.45) is 15.0. The molecule has 1 heteroatoms. The lowest BCUT2D eigenvalue weighted by molar-refractivity contribution is 0.549. The molecule has 1 aromatic heterocycles. The Morgan fingerprint density at radius 3 is 1.97 bits per heavy atom. The number of unbranched alkanes of at least 4 members (excludes halogenated alkanes) is 9. The van der Waals surface area contributed by atoms with Gasteiger partial charge in [-0.3, -0.25) is 0 Å². The lowest BCUT2D eigenvalue weighted by Gasteiger charge is -2.11. The monoisotopic (exact) mass is 392 g/mol. The van der Waals surface area contributed by atoms with E-state index in [-0.39, 0.29) is 0 Å². The maximum atomic E-state index is 6.30. The average Bonchev–Trinajstić information content (AvgIpc) is 3.04. The number of hydrogen-bond donors (Lipinski definition) is 0. The largest absolute Gasteiger partial charge is 0.461 e. The molecule has 0 spiro atoms. The van der Waals surface area contributed by atoms with Crippen molar-refractivity contribution in [2.75, 3.05) is 0 Å². The van der Waals surface area contributed by atoms with Crippen LogP contribution >= 0.6 is 0 Å². The summed E-state index contributed by atoms with van der Waals surface area (Å²) in [6.45, 7) is 11.1. The SMILES string of the molecule is CCCCCCCCCCCCc1c(C)oc2c(C)c(C)c3c(C)cccc3c12. The van der Waals surface area contributed by atoms with Crippen molar-refractivity contribution in [3.8, 4) is 0 Å². The molecule has 0 saturated carbocycles. The van der Waals surface area contributed by atoms with E-state index in [9.17, 15) is 0 Å². The molecule has 0 unspecified atom stereocenters. The van der Waals surface area contributed by atoms with E-state index in [4.69, 9.17) is 4.42 Å². The molecular formula is C28H40O. The van der Waals surface area contributed by atoms with Crippen LogP contribution in [0.3, 0.4) is 0 Å². The van der Waals surface area contributed by atoms with Crippen molar-refractivity contribution in [2.24, 2.45) is 0 Å². The Morgan fingerprint density at radius 1 is 0.690 bits per heavy atom. The fraction of sp³-hybridized carbons (Fsp3) is 0.571. The highest BCUT2D eigenvalue weighted by Crippen LogP contribution is 2.39. The summed E-state index contributed by atoms with van der Waals surface area (Å²) in [5.41, 5.74) is 6.59. The van der Waals surface area contributed by atoms with E-state index in [2.05, 4.69) is 52.8 Å². The second-order valence-corrected chi connectivity index (χ2v) is 9.02. The molecule has 29 heavy (non-hydrogen) atoms. The summed E-state index contributed by atoms with van der Waals surface area (Å²) in [7, 11) is 0. The fourth-order valence-corrected chi connectivity index (χ4v) is 4.95. The van der Waals surface area contributed by atoms with Crippen molar-refractivity contribution in [1.29, 1.82) is 0 Å². The van der Waals surface area contributed by atoms with Crippen molar-refractivity contribution in [2.45, 2.75) is 105 Å². The first-order valence-electron chi connectivity index (χ1n) is 12.0. The van der Waals surface area contributed by atoms with Crippen LogP contribution in [0.1, 0.15) is 99.1 Å². The summed E-state index contributed by atoms with van der Waals surface area (Å²) in [6, 6.07) is 6.71. The summed E-state index contributed by atoms with van der Waals surface area (Å²) in [5, 5.41) is 4.17. The molecule has 0 atom stereocenters. The van der Waals surface area contributed by atoms with Gasteiger partial charge in [-0.25, -0.2) is 0 Å². The predicted molar refractivity (Wildman–Crippen MR) is 128 cm³/mol. The van der Waals surface area contributed by atoms with Gasteiger partial charge in [0.15, 0.2) is 0 Å². The molecule has 3 rings (SSSR count). The highest BCUT2D eigenvalue weighted by molar-refractivity contribution is 6.11. The van der Waals surface area contributed by atoms with Gasteiger partial charge in [-0.15, -0.1) is 0 Å². The van der Waals surface area contributed by atoms with Crippen LogP contribution in [-0.4, -0.2) is 0 Å². The van der Waals surface area contributed by atoms with E-state index in [1.807, 2.05) is 0 Å². The first kappa shape index (κ1) is 21.9. The van der Waals surface area contributed by atoms with Crippen molar-refractivity contribution in [3.05, 3.63) is 46.2 Å². The highest BCUT2D eigenvalue weighted by atomic mass is 16.3. The molecular weight excluding hydrogens is 352 g/mol. The maximum absolute atomic E-state index is 6.30. The summed E-state index contributed by atoms with van der Waals surface area (Å²) < 4.78 is 6.30. The van der Waals surface area contributed by atoms with E-state index in [1.165, 1.54) is 103 Å². The second-order valence-electron chi connectivity index (χ2n) is 9.02. The lowest BCUT2D eigenvalue weighted by Crippen LogP contribution is -1.92. The molecule has 0 aliphatic heterocycles. The Morgan fingerprint density at radius 2 is 1.31 bits per heavy atom. The third kappa shape index (κ3) is 4.87. The van der Waals surface area contributed by atoms with Gasteiger partial charge in [-0.05, 0) is 68.0 Å². The van der Waals surface area contributed by atoms with E-state index >= 15 is 0 Å². The van der Waals surface area contributed by atoms with Gasteiger partial charge in [0.05, 0.1) is 0 Å². The molecule has 1 heterocycles. The van der Waals surface area contributed by atoms with Crippen LogP contribution in [0.25, 0.3) is 21.7 Å². The zero-order valence-corrected chi connectivity index (χ0v) is 19.4. The standard InChI is InChI=1S/C28H40O/c1-6-7-8-9-10-11-12-13-14-15-18-24-23(5)29-28-22(4)21(3)26-20(2)17-16-19-25(26)27(24)28/h16-17,19H,6-15,18H2,1-5H3. The molecule has 0 bridgehead atoms. The summed E-state index contributed by atoms with van der Waals surface area (Å²) in [4.78, 5) is 0. The van der Waals surface area contributed by atoms with E-state index in [0.717, 1.165) is 17.8 Å². The van der Waals surface area contributed by atoms with Crippen molar-refractivity contribution < 1.29 is 4.42 Å². The molecule has 0 fully saturated rings. The van der Waals surface area contributed by atoms with E-state index in [1.54, 1.807) is 0 Å². The van der Waals surface area contributed by atoms with Crippen molar-refractivity contribution in [3.63, 3.8) is 0 Å². The first-order chi connectivity index (χ1) is 14.1. The molecule has 0 amide bonds. The number of furan rings is 1. The molecule has 0 saturated heterocycles. The maximum Gasteiger partial charge on any atom is 0.138 e. The van der Waals surface area contributed by atoms with E-state index in [0.29, 0.717) is 0 Å². The normalized spacial score (nSPS) is 11.8. The minimum Gasteiger partial charge on any atom is -0.461 e. The van der Waals surface area contributed by atoms with Crippen LogP contribution < -0.4 is 0 Å². The minimum atomic E-state index is 1.11. The Balaban J connectivity index is 1.66. The molecule has 0 aliphatic rings. The van der Waals surface area contributed by atoms with Crippen LogP contribution in [0.2, 0.25) is 0 Å². The molecule has 3 aromatic rings. The quantitative estimate of drug-likeness (QED) is 0.296. The summed E-state index contributed by atoms with van der Waals surface area (Å²) >= 11 is 0. The van der Waals surface area contributed by atoms with Gasteiger partial charge in [-0.1, -0.05) is 82.9 Å². The van der Waals surface area contributed by atoms with Crippen LogP contribution in [0.4, 0.5) is 0 Å². The molecule has 0 N–H and O–H groups in total. The Labute approximate surface area is 177 Å². The van der Waals surface area contributed by atoms with Gasteiger partial charge in [0, 0.05) is 10.9 Å². The van der Waals surface area contributed by atoms with Gasteiger partial charge >= 0.3 is 0 Å². The molecule has 0 radical (unpaired) electrons. The fourth-order valence-electron chi connectivity index (χ4n) is 4.95. The average molecular weight is 393 g/mol. The van der Waals surface area contributed by atoms with Gasteiger partial charge in [-0.2, -0.15) is 0 Å². The van der Waals surface area contributed by atoms with Crippen LogP contribution in [0.5, 0.6) is 0 Å². The number of rotatable bonds is 11. The third-order valence-corrected chi connectivity index (χ3v) is 6.81. The Kier molecular flexibility index (Phi) is 7.81. The van der Waals surface area contributed by atoms with Crippen molar-refractivity contribution >= 4 is 21.7 Å². The topological polar surface area (TPSA) is 13.1 Å². The number of aryl methyl sites for hydroxylation is 5. The number of benzene rings is 2. The van der Waals surface area contributed by atoms with Crippen molar-refractivity contribution in [1.82, 2.24) is 0 Å². The van der Waals surface area contributed by atoms with Gasteiger partial charge in [0.1, 0.15) is 11.3 Å². The zero-order valence-electron chi connectivity index (χ0n) is 19.4. The van der Waals surface area contributed by atoms with Crippen LogP contribution in [-0.2, 0) is 6.42 Å². The predicted octanol–water partition coefficient (Wildman–Crippen LogP) is 9.28. The zero-order chi connectivity index (χ0) is 20.8. The molecule has 0 aliphatic carbocycles. The molecule has 158 valence electrons. The Hall–Kier alpha value is -1.76. The van der Waals surface area contributed by atoms with Crippen LogP contribution in [0, 0.1) is 27.7 Å². The van der Waals surface area contributed by atoms with E-state index < -0.39 is 0 Å². The lowest BCUT2D eigenvalue weighted by atomic mass is 9.91. The first-order valence-corrected chi connectivity index (χ1v) is 12.0. The summed E-state index contributed by atoms with van der Waals surface area (Å²) in [5.74, 6) is 1.12. The second kappa shape index (κ2) is 10.3.